The highest BCUT2D eigenvalue weighted by atomic mass is 16.3. The van der Waals surface area contributed by atoms with Crippen molar-refractivity contribution in [2.75, 3.05) is 7.05 Å². The number of likely N-dealkylation sites (N-methyl/N-ethyl adjacent to an activating group) is 1. The van der Waals surface area contributed by atoms with Crippen LogP contribution in [-0.4, -0.2) is 44.0 Å². The van der Waals surface area contributed by atoms with E-state index in [2.05, 4.69) is 33.8 Å². The Hall–Kier alpha value is -0.940. The minimum atomic E-state index is -0.185. The maximum absolute atomic E-state index is 10.1. The van der Waals surface area contributed by atoms with Crippen LogP contribution in [0.2, 0.25) is 0 Å². The van der Waals surface area contributed by atoms with Crippen molar-refractivity contribution < 1.29 is 5.11 Å². The lowest BCUT2D eigenvalue weighted by Gasteiger charge is -2.34. The number of aliphatic hydroxyl groups excluding tert-OH is 1. The van der Waals surface area contributed by atoms with Gasteiger partial charge >= 0.3 is 0 Å². The van der Waals surface area contributed by atoms with Gasteiger partial charge in [-0.1, -0.05) is 12.8 Å². The minimum absolute atomic E-state index is 0.185. The number of rotatable bonds is 4. The fourth-order valence-electron chi connectivity index (χ4n) is 3.16. The van der Waals surface area contributed by atoms with Gasteiger partial charge in [-0.15, -0.1) is 10.2 Å². The third-order valence-electron chi connectivity index (χ3n) is 4.59. The Balaban J connectivity index is 1.66. The third-order valence-corrected chi connectivity index (χ3v) is 4.59. The molecule has 106 valence electrons. The lowest BCUT2D eigenvalue weighted by molar-refractivity contribution is 0.0274. The van der Waals surface area contributed by atoms with E-state index in [1.54, 1.807) is 0 Å². The molecular formula is C14H24N4O. The molecule has 5 heteroatoms. The van der Waals surface area contributed by atoms with Crippen molar-refractivity contribution >= 4 is 0 Å². The second-order valence-electron chi connectivity index (χ2n) is 6.14. The SMILES string of the molecule is CN(Cc1nnc(C2CC2)n1C)C1CCCCC1O. The van der Waals surface area contributed by atoms with Crippen LogP contribution in [0.3, 0.4) is 0 Å². The molecular weight excluding hydrogens is 240 g/mol. The first kappa shape index (κ1) is 13.1. The monoisotopic (exact) mass is 264 g/mol. The van der Waals surface area contributed by atoms with Gasteiger partial charge in [0.2, 0.25) is 0 Å². The van der Waals surface area contributed by atoms with Gasteiger partial charge in [-0.25, -0.2) is 0 Å². The molecule has 2 aliphatic rings. The maximum Gasteiger partial charge on any atom is 0.146 e. The normalized spacial score (nSPS) is 28.0. The first-order chi connectivity index (χ1) is 9.16. The Morgan fingerprint density at radius 1 is 1.21 bits per heavy atom. The topological polar surface area (TPSA) is 54.2 Å². The van der Waals surface area contributed by atoms with Crippen molar-refractivity contribution in [3.05, 3.63) is 11.6 Å². The third kappa shape index (κ3) is 2.67. The maximum atomic E-state index is 10.1. The highest BCUT2D eigenvalue weighted by Gasteiger charge is 2.31. The molecule has 1 aromatic heterocycles. The summed E-state index contributed by atoms with van der Waals surface area (Å²) in [6.45, 7) is 0.776. The number of hydrogen-bond acceptors (Lipinski definition) is 4. The second-order valence-corrected chi connectivity index (χ2v) is 6.14. The Bertz CT molecular complexity index is 441. The summed E-state index contributed by atoms with van der Waals surface area (Å²) in [5, 5.41) is 18.8. The Labute approximate surface area is 114 Å². The van der Waals surface area contributed by atoms with E-state index in [4.69, 9.17) is 0 Å². The second kappa shape index (κ2) is 5.21. The largest absolute Gasteiger partial charge is 0.391 e. The Kier molecular flexibility index (Phi) is 3.58. The molecule has 0 aromatic carbocycles. The van der Waals surface area contributed by atoms with Crippen LogP contribution in [-0.2, 0) is 13.6 Å². The molecule has 5 nitrogen and oxygen atoms in total. The molecule has 2 aliphatic carbocycles. The van der Waals surface area contributed by atoms with Crippen LogP contribution in [0, 0.1) is 0 Å². The summed E-state index contributed by atoms with van der Waals surface area (Å²) >= 11 is 0. The van der Waals surface area contributed by atoms with Crippen LogP contribution < -0.4 is 0 Å². The van der Waals surface area contributed by atoms with Crippen LogP contribution in [0.4, 0.5) is 0 Å². The number of aromatic nitrogens is 3. The van der Waals surface area contributed by atoms with Gasteiger partial charge in [-0.05, 0) is 32.7 Å². The smallest absolute Gasteiger partial charge is 0.146 e. The van der Waals surface area contributed by atoms with Gasteiger partial charge in [-0.3, -0.25) is 4.90 Å². The van der Waals surface area contributed by atoms with E-state index in [1.165, 1.54) is 19.3 Å². The van der Waals surface area contributed by atoms with E-state index in [1.807, 2.05) is 0 Å². The average Bonchev–Trinajstić information content (AvgIpc) is 3.17. The van der Waals surface area contributed by atoms with E-state index < -0.39 is 0 Å². The highest BCUT2D eigenvalue weighted by Crippen LogP contribution is 2.38. The van der Waals surface area contributed by atoms with Gasteiger partial charge in [0.05, 0.1) is 12.6 Å². The Morgan fingerprint density at radius 3 is 2.63 bits per heavy atom. The molecule has 2 atom stereocenters. The highest BCUT2D eigenvalue weighted by molar-refractivity contribution is 5.07. The van der Waals surface area contributed by atoms with E-state index in [-0.39, 0.29) is 12.1 Å². The summed E-state index contributed by atoms with van der Waals surface area (Å²) < 4.78 is 2.14. The van der Waals surface area contributed by atoms with Gasteiger partial charge in [0.15, 0.2) is 0 Å². The standard InChI is InChI=1S/C14H24N4O/c1-17(11-5-3-4-6-12(11)19)9-13-15-16-14(18(13)2)10-7-8-10/h10-12,19H,3-9H2,1-2H3. The fraction of sp³-hybridized carbons (Fsp3) is 0.857. The van der Waals surface area contributed by atoms with Gasteiger partial charge in [-0.2, -0.15) is 0 Å². The van der Waals surface area contributed by atoms with E-state index in [0.29, 0.717) is 5.92 Å². The zero-order chi connectivity index (χ0) is 13.4. The summed E-state index contributed by atoms with van der Waals surface area (Å²) in [6, 6.07) is 0.273. The van der Waals surface area contributed by atoms with Gasteiger partial charge in [0.1, 0.15) is 11.6 Å². The predicted octanol–water partition coefficient (Wildman–Crippen LogP) is 1.43. The van der Waals surface area contributed by atoms with Crippen molar-refractivity contribution in [1.29, 1.82) is 0 Å². The van der Waals surface area contributed by atoms with Crippen molar-refractivity contribution in [3.8, 4) is 0 Å². The molecule has 0 bridgehead atoms. The molecule has 19 heavy (non-hydrogen) atoms. The molecule has 0 aliphatic heterocycles. The average molecular weight is 264 g/mol. The molecule has 3 rings (SSSR count). The first-order valence-electron chi connectivity index (χ1n) is 7.43. The minimum Gasteiger partial charge on any atom is -0.391 e. The van der Waals surface area contributed by atoms with Crippen molar-refractivity contribution in [2.45, 2.75) is 63.1 Å². The molecule has 1 N–H and O–H groups in total. The van der Waals surface area contributed by atoms with Gasteiger partial charge in [0, 0.05) is 19.0 Å². The molecule has 0 spiro atoms. The fourth-order valence-corrected chi connectivity index (χ4v) is 3.16. The molecule has 0 amide bonds. The summed E-state index contributed by atoms with van der Waals surface area (Å²) in [6.07, 6.45) is 6.72. The summed E-state index contributed by atoms with van der Waals surface area (Å²) in [7, 11) is 4.15. The molecule has 0 radical (unpaired) electrons. The zero-order valence-electron chi connectivity index (χ0n) is 11.9. The first-order valence-corrected chi connectivity index (χ1v) is 7.43. The van der Waals surface area contributed by atoms with Crippen LogP contribution in [0.1, 0.15) is 56.1 Å². The summed E-state index contributed by atoms with van der Waals surface area (Å²) in [4.78, 5) is 2.24. The quantitative estimate of drug-likeness (QED) is 0.894. The lowest BCUT2D eigenvalue weighted by atomic mass is 9.91. The molecule has 0 saturated heterocycles. The number of hydrogen-bond donors (Lipinski definition) is 1. The van der Waals surface area contributed by atoms with E-state index in [9.17, 15) is 5.11 Å². The van der Waals surface area contributed by atoms with Crippen molar-refractivity contribution in [3.63, 3.8) is 0 Å². The molecule has 2 saturated carbocycles. The zero-order valence-corrected chi connectivity index (χ0v) is 11.9. The molecule has 2 unspecified atom stereocenters. The predicted molar refractivity (Wildman–Crippen MR) is 72.7 cm³/mol. The van der Waals surface area contributed by atoms with E-state index >= 15 is 0 Å². The molecule has 1 heterocycles. The van der Waals surface area contributed by atoms with Crippen molar-refractivity contribution in [1.82, 2.24) is 19.7 Å². The van der Waals surface area contributed by atoms with Gasteiger partial charge < -0.3 is 9.67 Å². The van der Waals surface area contributed by atoms with Crippen LogP contribution in [0.25, 0.3) is 0 Å². The van der Waals surface area contributed by atoms with Crippen LogP contribution >= 0.6 is 0 Å². The van der Waals surface area contributed by atoms with Crippen LogP contribution in [0.5, 0.6) is 0 Å². The Morgan fingerprint density at radius 2 is 1.95 bits per heavy atom. The summed E-state index contributed by atoms with van der Waals surface area (Å²) in [5.74, 6) is 2.78. The number of nitrogens with zero attached hydrogens (tertiary/aromatic N) is 4. The molecule has 1 aromatic rings. The van der Waals surface area contributed by atoms with Crippen molar-refractivity contribution in [2.24, 2.45) is 7.05 Å². The summed E-state index contributed by atoms with van der Waals surface area (Å²) in [5.41, 5.74) is 0. The number of aliphatic hydroxyl groups is 1. The van der Waals surface area contributed by atoms with E-state index in [0.717, 1.165) is 37.5 Å². The lowest BCUT2D eigenvalue weighted by Crippen LogP contribution is -2.43. The van der Waals surface area contributed by atoms with Crippen LogP contribution in [0.15, 0.2) is 0 Å². The molecule has 2 fully saturated rings. The van der Waals surface area contributed by atoms with Gasteiger partial charge in [0.25, 0.3) is 0 Å².